The molecule has 0 aromatic carbocycles. The fourth-order valence-electron chi connectivity index (χ4n) is 5.48. The second-order valence-electron chi connectivity index (χ2n) is 11.9. The Morgan fingerprint density at radius 2 is 1.92 bits per heavy atom. The van der Waals surface area contributed by atoms with E-state index in [-0.39, 0.29) is 5.54 Å². The topological polar surface area (TPSA) is 96.2 Å². The van der Waals surface area contributed by atoms with E-state index in [2.05, 4.69) is 64.6 Å². The van der Waals surface area contributed by atoms with E-state index in [1.54, 1.807) is 13.4 Å². The van der Waals surface area contributed by atoms with E-state index in [4.69, 9.17) is 25.2 Å². The van der Waals surface area contributed by atoms with Crippen molar-refractivity contribution < 1.29 is 9.47 Å². The van der Waals surface area contributed by atoms with Gasteiger partial charge >= 0.3 is 0 Å². The quantitative estimate of drug-likeness (QED) is 0.255. The molecule has 0 saturated heterocycles. The smallest absolute Gasteiger partial charge is 0.146 e. The van der Waals surface area contributed by atoms with E-state index >= 15 is 0 Å². The van der Waals surface area contributed by atoms with Crippen LogP contribution in [0.15, 0.2) is 30.7 Å². The summed E-state index contributed by atoms with van der Waals surface area (Å²) in [5.74, 6) is 0.491. The number of hydrogen-bond donors (Lipinski definition) is 1. The Balaban J connectivity index is 1.70. The summed E-state index contributed by atoms with van der Waals surface area (Å²) in [5, 5.41) is 1.96. The van der Waals surface area contributed by atoms with Crippen molar-refractivity contribution >= 4 is 36.0 Å². The maximum absolute atomic E-state index is 6.57. The first-order valence-corrected chi connectivity index (χ1v) is 16.7. The van der Waals surface area contributed by atoms with Crippen molar-refractivity contribution in [2.75, 3.05) is 39.1 Å². The first-order chi connectivity index (χ1) is 17.6. The normalized spacial score (nSPS) is 16.1. The molecule has 0 amide bonds. The highest BCUT2D eigenvalue weighted by molar-refractivity contribution is 6.76. The van der Waals surface area contributed by atoms with Gasteiger partial charge in [0.25, 0.3) is 0 Å². The van der Waals surface area contributed by atoms with Crippen LogP contribution in [0, 0.1) is 0 Å². The van der Waals surface area contributed by atoms with Crippen LogP contribution in [-0.2, 0) is 28.3 Å². The molecule has 0 fully saturated rings. The maximum atomic E-state index is 6.57. The third-order valence-electron chi connectivity index (χ3n) is 7.21. The summed E-state index contributed by atoms with van der Waals surface area (Å²) >= 11 is 0. The monoisotopic (exact) mass is 521 g/mol. The molecule has 1 aliphatic heterocycles. The zero-order chi connectivity index (χ0) is 26.4. The number of rotatable bonds is 9. The molecule has 2 N–H and O–H groups in total. The van der Waals surface area contributed by atoms with Crippen molar-refractivity contribution in [3.05, 3.63) is 36.4 Å². The Bertz CT molecular complexity index is 1420. The number of pyridine rings is 1. The van der Waals surface area contributed by atoms with Crippen LogP contribution in [0.25, 0.3) is 33.3 Å². The number of methoxy groups -OCH3 is 1. The van der Waals surface area contributed by atoms with Crippen LogP contribution in [0.4, 0.5) is 5.82 Å². The Kier molecular flexibility index (Phi) is 6.86. The van der Waals surface area contributed by atoms with Gasteiger partial charge in [0.2, 0.25) is 0 Å². The predicted molar refractivity (Wildman–Crippen MR) is 151 cm³/mol. The third-order valence-corrected chi connectivity index (χ3v) is 8.91. The lowest BCUT2D eigenvalue weighted by Crippen LogP contribution is -2.47. The molecule has 4 aromatic heterocycles. The van der Waals surface area contributed by atoms with Gasteiger partial charge in [-0.1, -0.05) is 19.6 Å². The van der Waals surface area contributed by atoms with Gasteiger partial charge < -0.3 is 24.3 Å². The summed E-state index contributed by atoms with van der Waals surface area (Å²) in [5.41, 5.74) is 11.4. The molecular formula is C27H39N7O2Si. The number of anilines is 1. The van der Waals surface area contributed by atoms with E-state index in [1.165, 1.54) is 5.69 Å². The van der Waals surface area contributed by atoms with Crippen LogP contribution in [0.2, 0.25) is 25.7 Å². The molecule has 4 aromatic rings. The van der Waals surface area contributed by atoms with Crippen LogP contribution < -0.4 is 5.73 Å². The van der Waals surface area contributed by atoms with Crippen LogP contribution >= 0.6 is 0 Å². The molecule has 0 radical (unpaired) electrons. The fourth-order valence-corrected chi connectivity index (χ4v) is 6.24. The summed E-state index contributed by atoms with van der Waals surface area (Å²) < 4.78 is 16.2. The molecule has 10 heteroatoms. The van der Waals surface area contributed by atoms with E-state index in [9.17, 15) is 0 Å². The Hall–Kier alpha value is -2.79. The molecule has 0 atom stereocenters. The molecule has 0 unspecified atom stereocenters. The summed E-state index contributed by atoms with van der Waals surface area (Å²) in [7, 11) is 0.552. The molecule has 0 saturated carbocycles. The summed E-state index contributed by atoms with van der Waals surface area (Å²) in [6.45, 7) is 16.0. The average Bonchev–Trinajstić information content (AvgIpc) is 3.36. The Morgan fingerprint density at radius 1 is 1.11 bits per heavy atom. The van der Waals surface area contributed by atoms with E-state index in [1.807, 2.05) is 12.3 Å². The Labute approximate surface area is 219 Å². The summed E-state index contributed by atoms with van der Waals surface area (Å²) in [6.07, 6.45) is 3.41. The Morgan fingerprint density at radius 3 is 2.68 bits per heavy atom. The van der Waals surface area contributed by atoms with Crippen molar-refractivity contribution in [1.29, 1.82) is 0 Å². The largest absolute Gasteiger partial charge is 0.383 e. The third kappa shape index (κ3) is 4.90. The lowest BCUT2D eigenvalue weighted by atomic mass is 9.99. The SMILES string of the molecule is COCCN1Cc2c(-c3cc4cccnc4n3COCC[Si](C)(C)C)c3c(N)ncnc3n2C(C)(C)C1. The van der Waals surface area contributed by atoms with Gasteiger partial charge in [-0.15, -0.1) is 0 Å². The molecule has 37 heavy (non-hydrogen) atoms. The number of fused-ring (bicyclic) bond motifs is 4. The first kappa shape index (κ1) is 25.8. The standard InChI is InChI=1S/C27H39N7O2Si/c1-27(2)16-32(10-11-35-3)15-21-22(23-24(28)30-17-31-26(23)34(21)27)20-14-19-8-7-9-29-25(19)33(20)18-36-12-13-37(4,5)6/h7-9,14,17H,10-13,15-16,18H2,1-6H3,(H2,28,30,31). The van der Waals surface area contributed by atoms with Gasteiger partial charge in [0, 0.05) is 64.3 Å². The number of nitrogens with two attached hydrogens (primary N) is 1. The van der Waals surface area contributed by atoms with Crippen molar-refractivity contribution in [2.24, 2.45) is 0 Å². The molecule has 1 aliphatic rings. The van der Waals surface area contributed by atoms with Gasteiger partial charge in [-0.05, 0) is 38.1 Å². The number of nitrogen functional groups attached to an aromatic ring is 1. The van der Waals surface area contributed by atoms with Crippen LogP contribution in [0.5, 0.6) is 0 Å². The van der Waals surface area contributed by atoms with Crippen LogP contribution in [0.3, 0.4) is 0 Å². The minimum atomic E-state index is -1.20. The van der Waals surface area contributed by atoms with Crippen molar-refractivity contribution in [3.8, 4) is 11.3 Å². The molecule has 9 nitrogen and oxygen atoms in total. The van der Waals surface area contributed by atoms with Gasteiger partial charge in [-0.25, -0.2) is 15.0 Å². The predicted octanol–water partition coefficient (Wildman–Crippen LogP) is 4.54. The highest BCUT2D eigenvalue weighted by Gasteiger charge is 2.37. The van der Waals surface area contributed by atoms with Gasteiger partial charge in [-0.2, -0.15) is 0 Å². The zero-order valence-electron chi connectivity index (χ0n) is 22.9. The van der Waals surface area contributed by atoms with Gasteiger partial charge in [0.05, 0.1) is 23.2 Å². The van der Waals surface area contributed by atoms with Crippen molar-refractivity contribution in [3.63, 3.8) is 0 Å². The first-order valence-electron chi connectivity index (χ1n) is 13.0. The van der Waals surface area contributed by atoms with Crippen molar-refractivity contribution in [2.45, 2.75) is 58.3 Å². The van der Waals surface area contributed by atoms with E-state index in [0.29, 0.717) is 19.2 Å². The number of nitrogens with zero attached hydrogens (tertiary/aromatic N) is 6. The highest BCUT2D eigenvalue weighted by atomic mass is 28.3. The van der Waals surface area contributed by atoms with Gasteiger partial charge in [0.15, 0.2) is 0 Å². The highest BCUT2D eigenvalue weighted by Crippen LogP contribution is 2.44. The number of ether oxygens (including phenoxy) is 2. The molecule has 198 valence electrons. The van der Waals surface area contributed by atoms with Crippen LogP contribution in [0.1, 0.15) is 19.5 Å². The van der Waals surface area contributed by atoms with Gasteiger partial charge in [-0.3, -0.25) is 4.90 Å². The molecule has 0 aliphatic carbocycles. The van der Waals surface area contributed by atoms with Gasteiger partial charge in [0.1, 0.15) is 30.2 Å². The second kappa shape index (κ2) is 9.83. The maximum Gasteiger partial charge on any atom is 0.146 e. The fraction of sp³-hybridized carbons (Fsp3) is 0.519. The van der Waals surface area contributed by atoms with Crippen molar-refractivity contribution in [1.82, 2.24) is 29.0 Å². The number of aromatic nitrogens is 5. The van der Waals surface area contributed by atoms with E-state index in [0.717, 1.165) is 65.6 Å². The average molecular weight is 522 g/mol. The molecule has 0 spiro atoms. The molecule has 5 rings (SSSR count). The van der Waals surface area contributed by atoms with E-state index < -0.39 is 8.07 Å². The second-order valence-corrected chi connectivity index (χ2v) is 17.5. The van der Waals surface area contributed by atoms with Crippen LogP contribution in [-0.4, -0.2) is 70.5 Å². The lowest BCUT2D eigenvalue weighted by molar-refractivity contribution is 0.0903. The minimum absolute atomic E-state index is 0.193. The summed E-state index contributed by atoms with van der Waals surface area (Å²) in [6, 6.07) is 7.39. The minimum Gasteiger partial charge on any atom is -0.383 e. The zero-order valence-corrected chi connectivity index (χ0v) is 23.9. The molecular weight excluding hydrogens is 482 g/mol. The molecule has 0 bridgehead atoms. The summed E-state index contributed by atoms with van der Waals surface area (Å²) in [4.78, 5) is 16.3. The lowest BCUT2D eigenvalue weighted by Gasteiger charge is -2.41. The molecule has 5 heterocycles. The number of hydrogen-bond acceptors (Lipinski definition) is 7.